The molecule has 0 aliphatic carbocycles. The zero-order chi connectivity index (χ0) is 14.0. The summed E-state index contributed by atoms with van der Waals surface area (Å²) in [5.74, 6) is 0. The van der Waals surface area contributed by atoms with E-state index in [0.717, 1.165) is 46.4 Å². The minimum Gasteiger partial charge on any atom is -0.313 e. The molecule has 0 unspecified atom stereocenters. The summed E-state index contributed by atoms with van der Waals surface area (Å²) in [4.78, 5) is 4.36. The molecular weight excluding hydrogens is 260 g/mol. The second kappa shape index (κ2) is 5.72. The molecule has 0 saturated carbocycles. The van der Waals surface area contributed by atoms with Crippen LogP contribution in [-0.2, 0) is 6.54 Å². The molecular formula is C14H19ClN4. The number of rotatable bonds is 4. The molecule has 0 aliphatic rings. The highest BCUT2D eigenvalue weighted by Crippen LogP contribution is 2.24. The van der Waals surface area contributed by atoms with Crippen molar-refractivity contribution in [1.29, 1.82) is 0 Å². The van der Waals surface area contributed by atoms with E-state index in [1.807, 2.05) is 37.7 Å². The van der Waals surface area contributed by atoms with Crippen LogP contribution >= 0.6 is 11.6 Å². The Morgan fingerprint density at radius 3 is 2.63 bits per heavy atom. The summed E-state index contributed by atoms with van der Waals surface area (Å²) in [6.07, 6.45) is 1.90. The number of halogens is 1. The Kier molecular flexibility index (Phi) is 4.22. The van der Waals surface area contributed by atoms with Crippen molar-refractivity contribution >= 4 is 11.6 Å². The first-order valence-corrected chi connectivity index (χ1v) is 6.80. The molecule has 1 N–H and O–H groups in total. The van der Waals surface area contributed by atoms with Crippen LogP contribution in [0.5, 0.6) is 0 Å². The molecule has 2 heterocycles. The Morgan fingerprint density at radius 2 is 2.05 bits per heavy atom. The Bertz CT molecular complexity index is 589. The highest BCUT2D eigenvalue weighted by Gasteiger charge is 2.14. The van der Waals surface area contributed by atoms with E-state index in [9.17, 15) is 0 Å². The lowest BCUT2D eigenvalue weighted by atomic mass is 10.2. The fourth-order valence-corrected chi connectivity index (χ4v) is 2.14. The molecule has 2 aromatic heterocycles. The van der Waals surface area contributed by atoms with Crippen LogP contribution in [0.3, 0.4) is 0 Å². The molecule has 0 saturated heterocycles. The molecule has 102 valence electrons. The first-order valence-electron chi connectivity index (χ1n) is 6.43. The Balaban J connectivity index is 2.52. The molecule has 0 atom stereocenters. The van der Waals surface area contributed by atoms with E-state index in [2.05, 4.69) is 22.3 Å². The lowest BCUT2D eigenvalue weighted by Gasteiger charge is -2.12. The Labute approximate surface area is 118 Å². The van der Waals surface area contributed by atoms with Crippen molar-refractivity contribution in [2.75, 3.05) is 6.54 Å². The highest BCUT2D eigenvalue weighted by molar-refractivity contribution is 6.31. The lowest BCUT2D eigenvalue weighted by molar-refractivity contribution is 0.709. The SMILES string of the molecule is CCNCc1cnc(C)cc1-n1nc(C)c(Cl)c1C. The fourth-order valence-electron chi connectivity index (χ4n) is 2.02. The van der Waals surface area contributed by atoms with Gasteiger partial charge in [0.05, 0.1) is 22.1 Å². The molecule has 2 aromatic rings. The van der Waals surface area contributed by atoms with Crippen molar-refractivity contribution in [3.63, 3.8) is 0 Å². The van der Waals surface area contributed by atoms with Crippen molar-refractivity contribution < 1.29 is 0 Å². The first kappa shape index (κ1) is 14.0. The molecule has 2 rings (SSSR count). The molecule has 0 aromatic carbocycles. The largest absolute Gasteiger partial charge is 0.313 e. The molecule has 0 amide bonds. The summed E-state index contributed by atoms with van der Waals surface area (Å²) >= 11 is 6.23. The predicted molar refractivity (Wildman–Crippen MR) is 78.0 cm³/mol. The van der Waals surface area contributed by atoms with Crippen LogP contribution in [0.25, 0.3) is 5.69 Å². The molecule has 0 spiro atoms. The van der Waals surface area contributed by atoms with E-state index in [1.54, 1.807) is 0 Å². The number of nitrogens with zero attached hydrogens (tertiary/aromatic N) is 3. The summed E-state index contributed by atoms with van der Waals surface area (Å²) in [5.41, 5.74) is 4.94. The number of hydrogen-bond donors (Lipinski definition) is 1. The van der Waals surface area contributed by atoms with Gasteiger partial charge in [0.2, 0.25) is 0 Å². The van der Waals surface area contributed by atoms with Crippen LogP contribution in [-0.4, -0.2) is 21.3 Å². The normalized spacial score (nSPS) is 11.0. The third kappa shape index (κ3) is 2.80. The zero-order valence-corrected chi connectivity index (χ0v) is 12.5. The Hall–Kier alpha value is -1.39. The average Bonchev–Trinajstić information content (AvgIpc) is 2.65. The van der Waals surface area contributed by atoms with Gasteiger partial charge < -0.3 is 5.32 Å². The summed E-state index contributed by atoms with van der Waals surface area (Å²) in [6.45, 7) is 9.66. The van der Waals surface area contributed by atoms with Crippen LogP contribution in [0, 0.1) is 20.8 Å². The topological polar surface area (TPSA) is 42.7 Å². The highest BCUT2D eigenvalue weighted by atomic mass is 35.5. The smallest absolute Gasteiger partial charge is 0.0848 e. The zero-order valence-electron chi connectivity index (χ0n) is 11.8. The van der Waals surface area contributed by atoms with Gasteiger partial charge in [0.1, 0.15) is 0 Å². The van der Waals surface area contributed by atoms with Gasteiger partial charge in [0.25, 0.3) is 0 Å². The van der Waals surface area contributed by atoms with Gasteiger partial charge in [-0.15, -0.1) is 0 Å². The van der Waals surface area contributed by atoms with Crippen molar-refractivity contribution in [2.45, 2.75) is 34.2 Å². The van der Waals surface area contributed by atoms with Crippen LogP contribution < -0.4 is 5.32 Å². The Morgan fingerprint density at radius 1 is 1.32 bits per heavy atom. The van der Waals surface area contributed by atoms with E-state index in [4.69, 9.17) is 11.6 Å². The maximum Gasteiger partial charge on any atom is 0.0848 e. The van der Waals surface area contributed by atoms with Gasteiger partial charge >= 0.3 is 0 Å². The second-order valence-electron chi connectivity index (χ2n) is 4.63. The summed E-state index contributed by atoms with van der Waals surface area (Å²) in [5, 5.41) is 8.57. The van der Waals surface area contributed by atoms with E-state index >= 15 is 0 Å². The van der Waals surface area contributed by atoms with Gasteiger partial charge in [-0.05, 0) is 33.4 Å². The number of aromatic nitrogens is 3. The number of aryl methyl sites for hydroxylation is 2. The first-order chi connectivity index (χ1) is 9.04. The molecule has 0 radical (unpaired) electrons. The third-order valence-electron chi connectivity index (χ3n) is 3.10. The predicted octanol–water partition coefficient (Wildman–Crippen LogP) is 2.96. The molecule has 0 aliphatic heterocycles. The van der Waals surface area contributed by atoms with Gasteiger partial charge in [-0.3, -0.25) is 4.98 Å². The maximum atomic E-state index is 6.23. The van der Waals surface area contributed by atoms with Gasteiger partial charge in [-0.1, -0.05) is 18.5 Å². The summed E-state index contributed by atoms with van der Waals surface area (Å²) in [7, 11) is 0. The monoisotopic (exact) mass is 278 g/mol. The standard InChI is InChI=1S/C14H19ClN4/c1-5-16-7-12-8-17-9(2)6-13(12)19-11(4)14(15)10(3)18-19/h6,8,16H,5,7H2,1-4H3. The minimum absolute atomic E-state index is 0.726. The number of nitrogens with one attached hydrogen (secondary N) is 1. The van der Waals surface area contributed by atoms with Crippen molar-refractivity contribution in [3.8, 4) is 5.69 Å². The van der Waals surface area contributed by atoms with Crippen molar-refractivity contribution in [1.82, 2.24) is 20.1 Å². The quantitative estimate of drug-likeness (QED) is 0.935. The molecule has 19 heavy (non-hydrogen) atoms. The molecule has 5 heteroatoms. The van der Waals surface area contributed by atoms with Crippen molar-refractivity contribution in [3.05, 3.63) is 39.9 Å². The van der Waals surface area contributed by atoms with Crippen LogP contribution in [0.1, 0.15) is 29.6 Å². The van der Waals surface area contributed by atoms with Crippen LogP contribution in [0.4, 0.5) is 0 Å². The minimum atomic E-state index is 0.726. The molecule has 4 nitrogen and oxygen atoms in total. The third-order valence-corrected chi connectivity index (χ3v) is 3.64. The van der Waals surface area contributed by atoms with Gasteiger partial charge in [0.15, 0.2) is 0 Å². The lowest BCUT2D eigenvalue weighted by Crippen LogP contribution is -2.15. The van der Waals surface area contributed by atoms with Crippen LogP contribution in [0.15, 0.2) is 12.3 Å². The molecule has 0 fully saturated rings. The maximum absolute atomic E-state index is 6.23. The number of pyridine rings is 1. The fraction of sp³-hybridized carbons (Fsp3) is 0.429. The molecule has 0 bridgehead atoms. The van der Waals surface area contributed by atoms with Gasteiger partial charge in [0, 0.05) is 24.0 Å². The van der Waals surface area contributed by atoms with Crippen LogP contribution in [0.2, 0.25) is 5.02 Å². The van der Waals surface area contributed by atoms with Gasteiger partial charge in [-0.25, -0.2) is 4.68 Å². The van der Waals surface area contributed by atoms with Gasteiger partial charge in [-0.2, -0.15) is 5.10 Å². The van der Waals surface area contributed by atoms with E-state index in [-0.39, 0.29) is 0 Å². The summed E-state index contributed by atoms with van der Waals surface area (Å²) in [6, 6.07) is 2.04. The van der Waals surface area contributed by atoms with E-state index in [1.165, 1.54) is 0 Å². The average molecular weight is 279 g/mol. The summed E-state index contributed by atoms with van der Waals surface area (Å²) < 4.78 is 1.90. The van der Waals surface area contributed by atoms with Crippen molar-refractivity contribution in [2.24, 2.45) is 0 Å². The second-order valence-corrected chi connectivity index (χ2v) is 5.01. The van der Waals surface area contributed by atoms with E-state index in [0.29, 0.717) is 0 Å². The van der Waals surface area contributed by atoms with E-state index < -0.39 is 0 Å². The number of hydrogen-bond acceptors (Lipinski definition) is 3.